The van der Waals surface area contributed by atoms with E-state index in [1.807, 2.05) is 0 Å². The molecule has 0 aliphatic heterocycles. The zero-order valence-electron chi connectivity index (χ0n) is 9.62. The highest BCUT2D eigenvalue weighted by Crippen LogP contribution is 2.29. The quantitative estimate of drug-likeness (QED) is 0.680. The molecule has 19 heavy (non-hydrogen) atoms. The smallest absolute Gasteiger partial charge is 0.372 e. The maximum Gasteiger partial charge on any atom is 0.372 e. The molecule has 0 saturated carbocycles. The Morgan fingerprint density at radius 3 is 2.89 bits per heavy atom. The van der Waals surface area contributed by atoms with Gasteiger partial charge in [0.1, 0.15) is 12.9 Å². The number of nitrogen functional groups attached to an aromatic ring is 1. The second kappa shape index (κ2) is 5.49. The molecule has 7 nitrogen and oxygen atoms in total. The first-order valence-corrected chi connectivity index (χ1v) is 5.58. The van der Waals surface area contributed by atoms with Crippen LogP contribution in [0.1, 0.15) is 5.56 Å². The summed E-state index contributed by atoms with van der Waals surface area (Å²) in [6.07, 6.45) is 1.11. The zero-order chi connectivity index (χ0) is 13.8. The van der Waals surface area contributed by atoms with E-state index >= 15 is 0 Å². The summed E-state index contributed by atoms with van der Waals surface area (Å²) in [5.74, 6) is -0.404. The Bertz CT molecular complexity index is 621. The third-order valence-corrected chi connectivity index (χ3v) is 2.50. The van der Waals surface area contributed by atoms with Crippen molar-refractivity contribution >= 4 is 23.1 Å². The number of hydrogen-bond donors (Lipinski definition) is 1. The number of nitro groups is 1. The fourth-order valence-corrected chi connectivity index (χ4v) is 1.64. The summed E-state index contributed by atoms with van der Waals surface area (Å²) in [6.45, 7) is 0.0951. The summed E-state index contributed by atoms with van der Waals surface area (Å²) in [5, 5.41) is 11.4. The fourth-order valence-electron chi connectivity index (χ4n) is 1.43. The lowest BCUT2D eigenvalue weighted by Crippen LogP contribution is -2.05. The van der Waals surface area contributed by atoms with E-state index in [9.17, 15) is 10.1 Å². The van der Waals surface area contributed by atoms with Gasteiger partial charge in [-0.3, -0.25) is 10.1 Å². The Morgan fingerprint density at radius 2 is 2.21 bits per heavy atom. The number of anilines is 1. The zero-order valence-corrected chi connectivity index (χ0v) is 10.4. The van der Waals surface area contributed by atoms with Gasteiger partial charge >= 0.3 is 5.69 Å². The molecule has 0 fully saturated rings. The van der Waals surface area contributed by atoms with Gasteiger partial charge in [-0.25, -0.2) is 4.98 Å². The summed E-state index contributed by atoms with van der Waals surface area (Å²) >= 11 is 5.82. The summed E-state index contributed by atoms with van der Waals surface area (Å²) < 4.78 is 5.29. The minimum atomic E-state index is -0.678. The van der Waals surface area contributed by atoms with Crippen molar-refractivity contribution in [1.82, 2.24) is 9.97 Å². The second-order valence-electron chi connectivity index (χ2n) is 3.59. The molecule has 2 aromatic rings. The van der Waals surface area contributed by atoms with Gasteiger partial charge < -0.3 is 10.5 Å². The molecule has 1 aromatic heterocycles. The van der Waals surface area contributed by atoms with Gasteiger partial charge in [0, 0.05) is 5.02 Å². The largest absolute Gasteiger partial charge is 0.468 e. The summed E-state index contributed by atoms with van der Waals surface area (Å²) in [5.41, 5.74) is 5.74. The van der Waals surface area contributed by atoms with Crippen LogP contribution in [0.25, 0.3) is 0 Å². The molecular formula is C11H9ClN4O3. The van der Waals surface area contributed by atoms with Crippen LogP contribution in [-0.4, -0.2) is 14.9 Å². The van der Waals surface area contributed by atoms with E-state index in [-0.39, 0.29) is 18.3 Å². The van der Waals surface area contributed by atoms with Gasteiger partial charge in [0.05, 0.1) is 4.92 Å². The predicted octanol–water partition coefficient (Wildman–Crippen LogP) is 2.20. The molecule has 1 aromatic carbocycles. The third-order valence-electron chi connectivity index (χ3n) is 2.26. The number of ether oxygens (including phenoxy) is 1. The van der Waals surface area contributed by atoms with E-state index in [1.54, 1.807) is 24.3 Å². The number of rotatable bonds is 4. The van der Waals surface area contributed by atoms with Crippen molar-refractivity contribution in [2.24, 2.45) is 0 Å². The lowest BCUT2D eigenvalue weighted by molar-refractivity contribution is -0.385. The van der Waals surface area contributed by atoms with Gasteiger partial charge in [-0.2, -0.15) is 4.98 Å². The first kappa shape index (κ1) is 13.0. The molecule has 1 heterocycles. The van der Waals surface area contributed by atoms with Crippen molar-refractivity contribution in [2.45, 2.75) is 6.61 Å². The van der Waals surface area contributed by atoms with Crippen LogP contribution in [-0.2, 0) is 6.61 Å². The Hall–Kier alpha value is -2.41. The normalized spacial score (nSPS) is 10.2. The monoisotopic (exact) mass is 280 g/mol. The molecule has 2 N–H and O–H groups in total. The average Bonchev–Trinajstić information content (AvgIpc) is 2.36. The SMILES string of the molecule is Nc1ncnc(OCc2cccc(Cl)c2)c1[N+](=O)[O-]. The predicted molar refractivity (Wildman–Crippen MR) is 68.9 cm³/mol. The van der Waals surface area contributed by atoms with Crippen LogP contribution in [0.4, 0.5) is 11.5 Å². The van der Waals surface area contributed by atoms with E-state index < -0.39 is 10.6 Å². The Labute approximate surface area is 113 Å². The molecule has 0 saturated heterocycles. The molecule has 0 amide bonds. The van der Waals surface area contributed by atoms with Gasteiger partial charge in [0.25, 0.3) is 5.88 Å². The van der Waals surface area contributed by atoms with Crippen LogP contribution in [0.5, 0.6) is 5.88 Å². The molecule has 0 atom stereocenters. The molecular weight excluding hydrogens is 272 g/mol. The van der Waals surface area contributed by atoms with Crippen LogP contribution in [0.15, 0.2) is 30.6 Å². The number of nitrogens with two attached hydrogens (primary N) is 1. The van der Waals surface area contributed by atoms with Crippen molar-refractivity contribution in [1.29, 1.82) is 0 Å². The van der Waals surface area contributed by atoms with Gasteiger partial charge in [-0.1, -0.05) is 23.7 Å². The van der Waals surface area contributed by atoms with E-state index in [2.05, 4.69) is 9.97 Å². The molecule has 0 radical (unpaired) electrons. The van der Waals surface area contributed by atoms with E-state index in [1.165, 1.54) is 0 Å². The summed E-state index contributed by atoms with van der Waals surface area (Å²) in [6, 6.07) is 6.94. The Kier molecular flexibility index (Phi) is 3.76. The minimum Gasteiger partial charge on any atom is -0.468 e. The molecule has 98 valence electrons. The van der Waals surface area contributed by atoms with Crippen molar-refractivity contribution in [3.8, 4) is 5.88 Å². The molecule has 0 spiro atoms. The van der Waals surface area contributed by atoms with Crippen LogP contribution >= 0.6 is 11.6 Å². The fraction of sp³-hybridized carbons (Fsp3) is 0.0909. The second-order valence-corrected chi connectivity index (χ2v) is 4.02. The summed E-state index contributed by atoms with van der Waals surface area (Å²) in [4.78, 5) is 17.4. The Morgan fingerprint density at radius 1 is 1.42 bits per heavy atom. The molecule has 0 unspecified atom stereocenters. The number of aromatic nitrogens is 2. The molecule has 2 rings (SSSR count). The summed E-state index contributed by atoms with van der Waals surface area (Å²) in [7, 11) is 0. The molecule has 0 aliphatic rings. The van der Waals surface area contributed by atoms with Crippen LogP contribution in [0, 0.1) is 10.1 Å². The maximum absolute atomic E-state index is 10.9. The molecule has 8 heteroatoms. The highest BCUT2D eigenvalue weighted by molar-refractivity contribution is 6.30. The van der Waals surface area contributed by atoms with Gasteiger partial charge in [0.15, 0.2) is 0 Å². The Balaban J connectivity index is 2.20. The highest BCUT2D eigenvalue weighted by atomic mass is 35.5. The van der Waals surface area contributed by atoms with Crippen LogP contribution in [0.2, 0.25) is 5.02 Å². The van der Waals surface area contributed by atoms with Crippen LogP contribution in [0.3, 0.4) is 0 Å². The maximum atomic E-state index is 10.9. The van der Waals surface area contributed by atoms with Crippen LogP contribution < -0.4 is 10.5 Å². The molecule has 0 bridgehead atoms. The first-order valence-electron chi connectivity index (χ1n) is 5.20. The van der Waals surface area contributed by atoms with Gasteiger partial charge in [-0.15, -0.1) is 0 Å². The lowest BCUT2D eigenvalue weighted by atomic mass is 10.2. The number of nitrogens with zero attached hydrogens (tertiary/aromatic N) is 3. The number of halogens is 1. The topological polar surface area (TPSA) is 104 Å². The van der Waals surface area contributed by atoms with Crippen molar-refractivity contribution in [2.75, 3.05) is 5.73 Å². The van der Waals surface area contributed by atoms with Crippen molar-refractivity contribution in [3.63, 3.8) is 0 Å². The number of hydrogen-bond acceptors (Lipinski definition) is 6. The third kappa shape index (κ3) is 3.08. The van der Waals surface area contributed by atoms with Gasteiger partial charge in [0.2, 0.25) is 5.82 Å². The van der Waals surface area contributed by atoms with E-state index in [4.69, 9.17) is 22.1 Å². The highest BCUT2D eigenvalue weighted by Gasteiger charge is 2.22. The first-order chi connectivity index (χ1) is 9.08. The van der Waals surface area contributed by atoms with E-state index in [0.29, 0.717) is 5.02 Å². The lowest BCUT2D eigenvalue weighted by Gasteiger charge is -2.06. The average molecular weight is 281 g/mol. The molecule has 0 aliphatic carbocycles. The van der Waals surface area contributed by atoms with E-state index in [0.717, 1.165) is 11.9 Å². The standard InChI is InChI=1S/C11H9ClN4O3/c12-8-3-1-2-7(4-8)5-19-11-9(16(17)18)10(13)14-6-15-11/h1-4,6H,5H2,(H2,13,14,15). The van der Waals surface area contributed by atoms with Crippen molar-refractivity contribution < 1.29 is 9.66 Å². The number of benzene rings is 1. The van der Waals surface area contributed by atoms with Crippen molar-refractivity contribution in [3.05, 3.63) is 51.3 Å². The van der Waals surface area contributed by atoms with Gasteiger partial charge in [-0.05, 0) is 17.7 Å². The minimum absolute atomic E-state index is 0.0951.